The van der Waals surface area contributed by atoms with Gasteiger partial charge in [0.2, 0.25) is 0 Å². The van der Waals surface area contributed by atoms with E-state index in [0.29, 0.717) is 31.4 Å². The first-order valence-corrected chi connectivity index (χ1v) is 12.7. The Morgan fingerprint density at radius 2 is 1.73 bits per heavy atom. The minimum absolute atomic E-state index is 0.0780. The van der Waals surface area contributed by atoms with Gasteiger partial charge in [-0.2, -0.15) is 13.2 Å². The van der Waals surface area contributed by atoms with Crippen molar-refractivity contribution in [3.8, 4) is 11.1 Å². The van der Waals surface area contributed by atoms with Crippen molar-refractivity contribution < 1.29 is 45.4 Å². The standard InChI is InChI=1S/C29H33F6NO4/c1-6-8-9-10-11-17-12-19(30)15-22(31)25(17)18-13-20(26(32)21(14-18)29(33,34)35)23(16-24(37)39-7-2)36-27(38)40-28(3,4)5/h6,12-15,23H,1,7-11,16H2,2-5H3,(H,36,38)/t23-/m0/s1. The van der Waals surface area contributed by atoms with Gasteiger partial charge in [-0.3, -0.25) is 4.79 Å². The van der Waals surface area contributed by atoms with E-state index in [9.17, 15) is 27.2 Å². The van der Waals surface area contributed by atoms with Gasteiger partial charge in [-0.1, -0.05) is 6.08 Å². The molecule has 0 aliphatic rings. The Kier molecular flexibility index (Phi) is 11.2. The predicted octanol–water partition coefficient (Wildman–Crippen LogP) is 8.21. The summed E-state index contributed by atoms with van der Waals surface area (Å²) in [6, 6.07) is 1.20. The largest absolute Gasteiger partial charge is 0.466 e. The van der Waals surface area contributed by atoms with Crippen molar-refractivity contribution >= 4 is 12.1 Å². The Morgan fingerprint density at radius 1 is 1.05 bits per heavy atom. The second-order valence-electron chi connectivity index (χ2n) is 10.1. The molecule has 0 saturated carbocycles. The first kappa shape index (κ1) is 32.7. The molecule has 1 N–H and O–H groups in total. The topological polar surface area (TPSA) is 64.6 Å². The average Bonchev–Trinajstić information content (AvgIpc) is 2.80. The van der Waals surface area contributed by atoms with E-state index in [1.165, 1.54) is 27.7 Å². The van der Waals surface area contributed by atoms with Crippen LogP contribution < -0.4 is 5.32 Å². The SMILES string of the molecule is C=CCCCCc1cc(F)cc(F)c1-c1cc([C@H](CC(=O)OCC)NC(=O)OC(C)(C)C)c(F)c(C(F)(F)F)c1. The molecule has 40 heavy (non-hydrogen) atoms. The van der Waals surface area contributed by atoms with Crippen LogP contribution in [0.25, 0.3) is 11.1 Å². The van der Waals surface area contributed by atoms with Gasteiger partial charge in [0.25, 0.3) is 0 Å². The molecule has 0 fully saturated rings. The monoisotopic (exact) mass is 573 g/mol. The lowest BCUT2D eigenvalue weighted by Crippen LogP contribution is -2.36. The first-order chi connectivity index (χ1) is 18.6. The maximum Gasteiger partial charge on any atom is 0.419 e. The Hall–Kier alpha value is -3.50. The summed E-state index contributed by atoms with van der Waals surface area (Å²) in [5, 5.41) is 2.23. The van der Waals surface area contributed by atoms with Crippen LogP contribution in [0.2, 0.25) is 0 Å². The molecule has 2 aromatic rings. The fraction of sp³-hybridized carbons (Fsp3) is 0.448. The number of rotatable bonds is 11. The fourth-order valence-electron chi connectivity index (χ4n) is 4.08. The van der Waals surface area contributed by atoms with Gasteiger partial charge in [0.05, 0.1) is 24.6 Å². The summed E-state index contributed by atoms with van der Waals surface area (Å²) in [4.78, 5) is 24.8. The molecule has 2 aromatic carbocycles. The minimum atomic E-state index is -5.23. The molecule has 0 bridgehead atoms. The van der Waals surface area contributed by atoms with Crippen molar-refractivity contribution in [2.24, 2.45) is 0 Å². The Labute approximate surface area is 229 Å². The number of hydrogen-bond donors (Lipinski definition) is 1. The number of alkyl carbamates (subject to hydrolysis) is 1. The van der Waals surface area contributed by atoms with Crippen LogP contribution in [0.5, 0.6) is 0 Å². The Bertz CT molecular complexity index is 1220. The van der Waals surface area contributed by atoms with Crippen LogP contribution in [0.15, 0.2) is 36.9 Å². The summed E-state index contributed by atoms with van der Waals surface area (Å²) in [5.41, 5.74) is -4.19. The van der Waals surface area contributed by atoms with Crippen LogP contribution >= 0.6 is 0 Å². The number of nitrogens with one attached hydrogen (secondary N) is 1. The number of esters is 1. The molecule has 220 valence electrons. The Morgan fingerprint density at radius 3 is 2.30 bits per heavy atom. The second-order valence-corrected chi connectivity index (χ2v) is 10.1. The molecular formula is C29H33F6NO4. The predicted molar refractivity (Wildman–Crippen MR) is 138 cm³/mol. The highest BCUT2D eigenvalue weighted by molar-refractivity contribution is 5.75. The first-order valence-electron chi connectivity index (χ1n) is 12.7. The zero-order valence-corrected chi connectivity index (χ0v) is 22.8. The maximum absolute atomic E-state index is 15.5. The molecule has 0 saturated heterocycles. The van der Waals surface area contributed by atoms with Crippen molar-refractivity contribution in [3.05, 3.63) is 71.1 Å². The van der Waals surface area contributed by atoms with Gasteiger partial charge < -0.3 is 14.8 Å². The molecule has 0 spiro atoms. The smallest absolute Gasteiger partial charge is 0.419 e. The third-order valence-electron chi connectivity index (χ3n) is 5.68. The van der Waals surface area contributed by atoms with Crippen LogP contribution in [0.4, 0.5) is 31.1 Å². The lowest BCUT2D eigenvalue weighted by atomic mass is 9.90. The fourth-order valence-corrected chi connectivity index (χ4v) is 4.08. The van der Waals surface area contributed by atoms with Gasteiger partial charge in [-0.05, 0) is 82.7 Å². The lowest BCUT2D eigenvalue weighted by Gasteiger charge is -2.25. The number of allylic oxidation sites excluding steroid dienone is 1. The van der Waals surface area contributed by atoms with Crippen molar-refractivity contribution in [3.63, 3.8) is 0 Å². The van der Waals surface area contributed by atoms with Gasteiger partial charge in [-0.15, -0.1) is 6.58 Å². The summed E-state index contributed by atoms with van der Waals surface area (Å²) in [6.45, 7) is 9.61. The Balaban J connectivity index is 2.76. The van der Waals surface area contributed by atoms with Crippen molar-refractivity contribution in [1.82, 2.24) is 5.32 Å². The number of carbonyl (C=O) groups excluding carboxylic acids is 2. The third-order valence-corrected chi connectivity index (χ3v) is 5.68. The van der Waals surface area contributed by atoms with E-state index in [0.717, 1.165) is 12.1 Å². The van der Waals surface area contributed by atoms with E-state index in [2.05, 4.69) is 11.9 Å². The number of carbonyl (C=O) groups is 2. The molecule has 0 unspecified atom stereocenters. The maximum atomic E-state index is 15.5. The molecule has 0 aliphatic heterocycles. The van der Waals surface area contributed by atoms with E-state index in [-0.39, 0.29) is 24.2 Å². The van der Waals surface area contributed by atoms with Crippen LogP contribution in [0.1, 0.15) is 76.1 Å². The number of benzene rings is 2. The number of hydrogen-bond acceptors (Lipinski definition) is 4. The number of halogens is 6. The van der Waals surface area contributed by atoms with Crippen LogP contribution in [0, 0.1) is 17.5 Å². The third kappa shape index (κ3) is 9.31. The van der Waals surface area contributed by atoms with Crippen LogP contribution in [-0.4, -0.2) is 24.3 Å². The highest BCUT2D eigenvalue weighted by Crippen LogP contribution is 2.40. The molecule has 2 rings (SSSR count). The summed E-state index contributed by atoms with van der Waals surface area (Å²) in [7, 11) is 0. The van der Waals surface area contributed by atoms with Gasteiger partial charge >= 0.3 is 18.2 Å². The lowest BCUT2D eigenvalue weighted by molar-refractivity contribution is -0.143. The van der Waals surface area contributed by atoms with Crippen molar-refractivity contribution in [2.75, 3.05) is 6.61 Å². The molecule has 0 aliphatic carbocycles. The van der Waals surface area contributed by atoms with Crippen molar-refractivity contribution in [1.29, 1.82) is 0 Å². The number of amides is 1. The summed E-state index contributed by atoms with van der Waals surface area (Å²) in [6.07, 6.45) is -3.63. The van der Waals surface area contributed by atoms with Gasteiger partial charge in [-0.25, -0.2) is 18.0 Å². The molecule has 11 heteroatoms. The number of unbranched alkanes of at least 4 members (excludes halogenated alkanes) is 2. The average molecular weight is 574 g/mol. The second kappa shape index (κ2) is 13.7. The quantitative estimate of drug-likeness (QED) is 0.127. The minimum Gasteiger partial charge on any atom is -0.466 e. The molecule has 0 aromatic heterocycles. The van der Waals surface area contributed by atoms with E-state index in [1.54, 1.807) is 6.08 Å². The number of alkyl halides is 3. The highest BCUT2D eigenvalue weighted by atomic mass is 19.4. The number of ether oxygens (including phenoxy) is 2. The van der Waals surface area contributed by atoms with Crippen LogP contribution in [0.3, 0.4) is 0 Å². The van der Waals surface area contributed by atoms with Gasteiger partial charge in [0, 0.05) is 17.2 Å². The highest BCUT2D eigenvalue weighted by Gasteiger charge is 2.38. The zero-order valence-electron chi connectivity index (χ0n) is 22.8. The summed E-state index contributed by atoms with van der Waals surface area (Å²) < 4.78 is 96.7. The zero-order chi connectivity index (χ0) is 30.3. The van der Waals surface area contributed by atoms with E-state index in [1.807, 2.05) is 0 Å². The molecule has 0 heterocycles. The summed E-state index contributed by atoms with van der Waals surface area (Å²) in [5.74, 6) is -4.77. The van der Waals surface area contributed by atoms with E-state index in [4.69, 9.17) is 9.47 Å². The van der Waals surface area contributed by atoms with Gasteiger partial charge in [0.15, 0.2) is 0 Å². The number of aryl methyl sites for hydroxylation is 1. The molecule has 0 radical (unpaired) electrons. The normalized spacial score (nSPS) is 12.6. The molecule has 1 amide bonds. The van der Waals surface area contributed by atoms with Crippen LogP contribution in [-0.2, 0) is 26.9 Å². The van der Waals surface area contributed by atoms with E-state index < -0.39 is 70.4 Å². The van der Waals surface area contributed by atoms with E-state index >= 15 is 8.78 Å². The summed E-state index contributed by atoms with van der Waals surface area (Å²) >= 11 is 0. The molecule has 5 nitrogen and oxygen atoms in total. The van der Waals surface area contributed by atoms with Gasteiger partial charge in [0.1, 0.15) is 23.1 Å². The molecular weight excluding hydrogens is 540 g/mol. The molecule has 1 atom stereocenters. The van der Waals surface area contributed by atoms with Crippen molar-refractivity contribution in [2.45, 2.75) is 77.6 Å².